The number of aliphatic hydroxyl groups excluding tert-OH is 1. The van der Waals surface area contributed by atoms with Crippen LogP contribution in [0.2, 0.25) is 0 Å². The van der Waals surface area contributed by atoms with Crippen LogP contribution in [0.5, 0.6) is 0 Å². The molecule has 0 bridgehead atoms. The van der Waals surface area contributed by atoms with Gasteiger partial charge in [0.25, 0.3) is 0 Å². The van der Waals surface area contributed by atoms with E-state index in [1.165, 1.54) is 5.57 Å². The first-order valence-electron chi connectivity index (χ1n) is 30.2. The summed E-state index contributed by atoms with van der Waals surface area (Å²) in [5.74, 6) is -0.746. The average Bonchev–Trinajstić information content (AvgIpc) is 2.06. The van der Waals surface area contributed by atoms with Crippen LogP contribution >= 0.6 is 0 Å². The number of hydrogen-bond donors (Lipinski definition) is 2. The van der Waals surface area contributed by atoms with Gasteiger partial charge in [0.05, 0.1) is 72.7 Å². The van der Waals surface area contributed by atoms with Gasteiger partial charge in [-0.15, -0.1) is 0 Å². The van der Waals surface area contributed by atoms with Crippen LogP contribution < -0.4 is 0 Å². The Morgan fingerprint density at radius 3 is 1.42 bits per heavy atom. The van der Waals surface area contributed by atoms with Gasteiger partial charge in [-0.3, -0.25) is 4.79 Å². The number of hydrogen-bond acceptors (Lipinski definition) is 20. The minimum absolute atomic E-state index is 0.0391. The summed E-state index contributed by atoms with van der Waals surface area (Å²) in [5.41, 5.74) is -0.462. The fourth-order valence-corrected chi connectivity index (χ4v) is 16.1. The average molecular weight is 1150 g/mol. The number of carbonyl (C=O) groups excluding carboxylic acids is 2. The smallest absolute Gasteiger partial charge is 0.333 e. The Hall–Kier alpha value is -2.06. The molecule has 8 fully saturated rings. The van der Waals surface area contributed by atoms with Gasteiger partial charge in [0.1, 0.15) is 42.4 Å². The highest BCUT2D eigenvalue weighted by molar-refractivity contribution is 5.88. The summed E-state index contributed by atoms with van der Waals surface area (Å²) in [6.07, 6.45) is 0.391. The maximum absolute atomic E-state index is 13.4. The van der Waals surface area contributed by atoms with Crippen molar-refractivity contribution in [3.05, 3.63) is 23.3 Å². The molecule has 0 radical (unpaired) electrons. The maximum Gasteiger partial charge on any atom is 0.333 e. The van der Waals surface area contributed by atoms with Crippen molar-refractivity contribution in [3.8, 4) is 0 Å². The third-order valence-corrected chi connectivity index (χ3v) is 21.0. The zero-order valence-corrected chi connectivity index (χ0v) is 50.8. The number of rotatable bonds is 18. The molecule has 0 spiro atoms. The third-order valence-electron chi connectivity index (χ3n) is 21.0. The number of methoxy groups -OCH3 is 5. The predicted octanol–water partition coefficient (Wildman–Crippen LogP) is 6.79. The van der Waals surface area contributed by atoms with Gasteiger partial charge in [-0.2, -0.15) is 0 Å². The van der Waals surface area contributed by atoms with Crippen molar-refractivity contribution in [2.45, 2.75) is 287 Å². The van der Waals surface area contributed by atoms with Crippen LogP contribution in [0.3, 0.4) is 0 Å². The van der Waals surface area contributed by atoms with E-state index in [1.54, 1.807) is 62.4 Å². The van der Waals surface area contributed by atoms with E-state index >= 15 is 0 Å². The van der Waals surface area contributed by atoms with E-state index in [2.05, 4.69) is 13.0 Å². The van der Waals surface area contributed by atoms with Gasteiger partial charge in [0.15, 0.2) is 31.5 Å². The van der Waals surface area contributed by atoms with Crippen LogP contribution in [0.1, 0.15) is 146 Å². The molecule has 5 aliphatic heterocycles. The molecule has 28 atom stereocenters. The topological polar surface area (TPSA) is 222 Å². The molecule has 3 saturated carbocycles. The van der Waals surface area contributed by atoms with Crippen molar-refractivity contribution in [1.29, 1.82) is 0 Å². The molecule has 0 aromatic rings. The molecule has 5 saturated heterocycles. The summed E-state index contributed by atoms with van der Waals surface area (Å²) >= 11 is 0. The highest BCUT2D eigenvalue weighted by atomic mass is 16.8. The number of ether oxygens (including phenoxy) is 16. The summed E-state index contributed by atoms with van der Waals surface area (Å²) in [6.45, 7) is 19.1. The fraction of sp³-hybridized carbons (Fsp3) is 0.902. The van der Waals surface area contributed by atoms with E-state index < -0.39 is 128 Å². The highest BCUT2D eigenvalue weighted by Gasteiger charge is 2.71. The van der Waals surface area contributed by atoms with E-state index in [-0.39, 0.29) is 53.4 Å². The standard InChI is InChI=1S/C61H98O20/c1-16-30(2)58(64)77-47-24-41-40(61(65)22-20-39(31(3)62)60(47,61)10)18-17-37-23-38(19-21-59(37,41)9)76-48-26-43(67-12)54(33(5)72-48)79-50-28-45(69-14)56(35(7)74-50)81-52-29-46(70-15)57(36(8)75-52)80-51-27-44(68-13)55(34(6)73-51)78-49-25-42(66-11)53(63)32(4)71-49/h16-17,32-36,38-57,63,65H,18-29H2,1-15H3/b30-16+/t32-,33-,34-,35-,36-,38-,39-,40?,41?,42-,43+,44+,45+,46+,47-,48+,49+,50+,51+,52+,53-,54?,55-,56?,57-,59+,60+,61+/m1/s1. The van der Waals surface area contributed by atoms with Crippen molar-refractivity contribution in [2.24, 2.45) is 28.6 Å². The van der Waals surface area contributed by atoms with Crippen LogP contribution in [-0.4, -0.2) is 198 Å². The van der Waals surface area contributed by atoms with Gasteiger partial charge in [0, 0.05) is 84.6 Å². The highest BCUT2D eigenvalue weighted by Crippen LogP contribution is 2.69. The minimum Gasteiger partial charge on any atom is -0.458 e. The molecule has 9 rings (SSSR count). The number of allylic oxidation sites excluding steroid dienone is 2. The molecule has 4 unspecified atom stereocenters. The van der Waals surface area contributed by atoms with Gasteiger partial charge in [-0.25, -0.2) is 4.79 Å². The second-order valence-electron chi connectivity index (χ2n) is 25.4. The van der Waals surface area contributed by atoms with Crippen molar-refractivity contribution >= 4 is 11.8 Å². The molecule has 0 aromatic carbocycles. The number of Topliss-reactive ketones (excluding diaryl/α,β-unsaturated/α-hetero) is 1. The summed E-state index contributed by atoms with van der Waals surface area (Å²) < 4.78 is 101. The molecule has 9 aliphatic rings. The molecular formula is C61H98O20. The van der Waals surface area contributed by atoms with Crippen LogP contribution in [0.15, 0.2) is 23.3 Å². The van der Waals surface area contributed by atoms with E-state index in [0.29, 0.717) is 63.4 Å². The molecule has 20 heteroatoms. The summed E-state index contributed by atoms with van der Waals surface area (Å²) in [7, 11) is 8.22. The van der Waals surface area contributed by atoms with Gasteiger partial charge in [0.2, 0.25) is 0 Å². The Labute approximate surface area is 480 Å². The lowest BCUT2D eigenvalue weighted by Gasteiger charge is -2.63. The van der Waals surface area contributed by atoms with Crippen molar-refractivity contribution in [3.63, 3.8) is 0 Å². The first-order valence-corrected chi connectivity index (χ1v) is 30.2. The zero-order valence-electron chi connectivity index (χ0n) is 50.8. The third kappa shape index (κ3) is 12.5. The Morgan fingerprint density at radius 2 is 1.00 bits per heavy atom. The van der Waals surface area contributed by atoms with E-state index in [4.69, 9.17) is 75.8 Å². The molecule has 462 valence electrons. The van der Waals surface area contributed by atoms with Crippen molar-refractivity contribution < 1.29 is 95.6 Å². The molecule has 0 aromatic heterocycles. The molecule has 4 aliphatic carbocycles. The number of fused-ring (bicyclic) bond motifs is 5. The second-order valence-corrected chi connectivity index (χ2v) is 25.4. The van der Waals surface area contributed by atoms with Crippen LogP contribution in [0, 0.1) is 28.6 Å². The lowest BCUT2D eigenvalue weighted by atomic mass is 9.45. The van der Waals surface area contributed by atoms with Crippen molar-refractivity contribution in [2.75, 3.05) is 35.5 Å². The molecule has 5 heterocycles. The largest absolute Gasteiger partial charge is 0.458 e. The van der Waals surface area contributed by atoms with E-state index in [9.17, 15) is 19.8 Å². The van der Waals surface area contributed by atoms with Gasteiger partial charge in [-0.05, 0) is 118 Å². The molecule has 20 nitrogen and oxygen atoms in total. The Kier molecular flexibility index (Phi) is 20.4. The predicted molar refractivity (Wildman–Crippen MR) is 291 cm³/mol. The van der Waals surface area contributed by atoms with E-state index in [0.717, 1.165) is 19.3 Å². The maximum atomic E-state index is 13.4. The monoisotopic (exact) mass is 1150 g/mol. The number of aliphatic hydroxyl groups is 2. The number of carbonyl (C=O) groups is 2. The Balaban J connectivity index is 0.763. The van der Waals surface area contributed by atoms with Crippen LogP contribution in [0.25, 0.3) is 0 Å². The Bertz CT molecular complexity index is 2200. The van der Waals surface area contributed by atoms with Crippen LogP contribution in [0.4, 0.5) is 0 Å². The second kappa shape index (κ2) is 26.1. The van der Waals surface area contributed by atoms with Gasteiger partial charge >= 0.3 is 5.97 Å². The number of esters is 1. The van der Waals surface area contributed by atoms with Crippen molar-refractivity contribution in [1.82, 2.24) is 0 Å². The lowest BCUT2D eigenvalue weighted by molar-refractivity contribution is -0.352. The van der Waals surface area contributed by atoms with Crippen LogP contribution in [-0.2, 0) is 85.4 Å². The Morgan fingerprint density at radius 1 is 0.580 bits per heavy atom. The molecular weight excluding hydrogens is 1050 g/mol. The van der Waals surface area contributed by atoms with E-state index in [1.807, 2.05) is 41.5 Å². The quantitative estimate of drug-likeness (QED) is 0.0819. The summed E-state index contributed by atoms with van der Waals surface area (Å²) in [4.78, 5) is 26.6. The first-order chi connectivity index (χ1) is 38.5. The molecule has 2 N–H and O–H groups in total. The fourth-order valence-electron chi connectivity index (χ4n) is 16.1. The summed E-state index contributed by atoms with van der Waals surface area (Å²) in [5, 5.41) is 23.4. The first kappa shape index (κ1) is 63.4. The zero-order chi connectivity index (χ0) is 58.5. The van der Waals surface area contributed by atoms with Gasteiger partial charge < -0.3 is 86.0 Å². The SMILES string of the molecule is C/C=C(\C)C(=O)O[C@@H]1CC2C(CC=C3C[C@H](O[C@H]4C[C@H](OC)C(O[C@H]5C[C@H](OC)C(O[C@H]6C[C@H](OC)[C@H](O[C@H]7C[C@H](OC)[C@H](O[C@H]8C[C@@H](OC)[C@H](O)[C@@H](C)O8)[C@@H](C)O7)[C@@H](C)O6)[C@@H](C)O5)[C@@H](C)O4)CC[C@@]32C)[C@@]2(O)CC[C@H](C(C)=O)[C@@]12C. The minimum atomic E-state index is -1.16. The lowest BCUT2D eigenvalue weighted by Crippen LogP contribution is -2.66. The normalized spacial score (nSPS) is 49.5. The number of ketones is 1. The molecule has 81 heavy (non-hydrogen) atoms. The molecule has 0 amide bonds. The summed E-state index contributed by atoms with van der Waals surface area (Å²) in [6, 6.07) is 0. The van der Waals surface area contributed by atoms with Gasteiger partial charge in [-0.1, -0.05) is 31.6 Å².